The van der Waals surface area contributed by atoms with E-state index < -0.39 is 0 Å². The van der Waals surface area contributed by atoms with Crippen LogP contribution in [0, 0.1) is 0 Å². The first-order chi connectivity index (χ1) is 8.38. The monoisotopic (exact) mass is 361 g/mol. The summed E-state index contributed by atoms with van der Waals surface area (Å²) in [6.45, 7) is 5.11. The average Bonchev–Trinajstić information content (AvgIpc) is 2.40. The highest BCUT2D eigenvalue weighted by Crippen LogP contribution is 1.99. The van der Waals surface area contributed by atoms with Crippen LogP contribution in [0.4, 0.5) is 0 Å². The van der Waals surface area contributed by atoms with Gasteiger partial charge in [0.25, 0.3) is 0 Å². The van der Waals surface area contributed by atoms with Crippen LogP contribution in [0.15, 0.2) is 35.3 Å². The molecule has 0 aromatic heterocycles. The summed E-state index contributed by atoms with van der Waals surface area (Å²) in [7, 11) is 0. The predicted molar refractivity (Wildman–Crippen MR) is 84.4 cm³/mol. The number of aliphatic imine (C=N–C) groups is 1. The molecule has 1 unspecified atom stereocenters. The number of halogens is 1. The average molecular weight is 361 g/mol. The highest BCUT2D eigenvalue weighted by atomic mass is 127. The molecule has 1 heterocycles. The molecule has 1 atom stereocenters. The van der Waals surface area contributed by atoms with Crippen molar-refractivity contribution >= 4 is 29.9 Å². The summed E-state index contributed by atoms with van der Waals surface area (Å²) >= 11 is 0. The molecular weight excluding hydrogens is 341 g/mol. The Balaban J connectivity index is 0.00000162. The molecule has 0 radical (unpaired) electrons. The largest absolute Gasteiger partial charge is 0.375 e. The van der Waals surface area contributed by atoms with Crippen molar-refractivity contribution in [3.05, 3.63) is 35.9 Å². The predicted octanol–water partition coefficient (Wildman–Crippen LogP) is 1.76. The van der Waals surface area contributed by atoms with Gasteiger partial charge in [0.2, 0.25) is 0 Å². The van der Waals surface area contributed by atoms with Crippen LogP contribution in [0.25, 0.3) is 0 Å². The van der Waals surface area contributed by atoms with Crippen molar-refractivity contribution in [1.29, 1.82) is 0 Å². The summed E-state index contributed by atoms with van der Waals surface area (Å²) < 4.78 is 5.50. The van der Waals surface area contributed by atoms with Crippen molar-refractivity contribution in [2.45, 2.75) is 19.6 Å². The van der Waals surface area contributed by atoms with E-state index in [0.29, 0.717) is 0 Å². The van der Waals surface area contributed by atoms with E-state index >= 15 is 0 Å². The second-order valence-electron chi connectivity index (χ2n) is 3.99. The molecule has 0 spiro atoms. The van der Waals surface area contributed by atoms with E-state index in [4.69, 9.17) is 4.74 Å². The van der Waals surface area contributed by atoms with Crippen LogP contribution in [0.5, 0.6) is 0 Å². The molecule has 2 N–H and O–H groups in total. The fourth-order valence-corrected chi connectivity index (χ4v) is 1.77. The van der Waals surface area contributed by atoms with Gasteiger partial charge in [-0.3, -0.25) is 4.99 Å². The summed E-state index contributed by atoms with van der Waals surface area (Å²) in [4.78, 5) is 4.41. The van der Waals surface area contributed by atoms with Gasteiger partial charge in [0.05, 0.1) is 12.6 Å². The number of nitrogens with one attached hydrogen (secondary N) is 2. The Hall–Kier alpha value is -0.820. The zero-order valence-electron chi connectivity index (χ0n) is 10.6. The third kappa shape index (κ3) is 4.81. The fourth-order valence-electron chi connectivity index (χ4n) is 1.77. The Bertz CT molecular complexity index is 370. The lowest BCUT2D eigenvalue weighted by atomic mass is 10.2. The maximum atomic E-state index is 5.50. The first kappa shape index (κ1) is 15.2. The molecule has 100 valence electrons. The molecular formula is C13H20IN3O. The zero-order chi connectivity index (χ0) is 11.9. The zero-order valence-corrected chi connectivity index (χ0v) is 12.9. The number of nitrogens with zero attached hydrogens (tertiary/aromatic N) is 1. The molecule has 1 aliphatic heterocycles. The number of hydrogen-bond acceptors (Lipinski definition) is 4. The van der Waals surface area contributed by atoms with E-state index in [0.717, 1.165) is 32.2 Å². The van der Waals surface area contributed by atoms with Crippen molar-refractivity contribution in [2.24, 2.45) is 4.99 Å². The van der Waals surface area contributed by atoms with Crippen molar-refractivity contribution in [3.63, 3.8) is 0 Å². The van der Waals surface area contributed by atoms with Crippen LogP contribution in [-0.4, -0.2) is 31.8 Å². The SMILES string of the molecule is CCOC1CN=C(NCc2ccccc2)NC1.I. The lowest BCUT2D eigenvalue weighted by molar-refractivity contribution is 0.0691. The Morgan fingerprint density at radius 1 is 1.39 bits per heavy atom. The molecule has 18 heavy (non-hydrogen) atoms. The molecule has 0 fully saturated rings. The summed E-state index contributed by atoms with van der Waals surface area (Å²) in [6, 6.07) is 10.3. The number of rotatable bonds is 4. The van der Waals surface area contributed by atoms with Crippen molar-refractivity contribution in [2.75, 3.05) is 19.7 Å². The van der Waals surface area contributed by atoms with E-state index in [1.165, 1.54) is 5.56 Å². The normalized spacial score (nSPS) is 18.3. The molecule has 0 saturated carbocycles. The van der Waals surface area contributed by atoms with Gasteiger partial charge in [0.1, 0.15) is 0 Å². The highest BCUT2D eigenvalue weighted by molar-refractivity contribution is 14.0. The molecule has 1 aliphatic rings. The molecule has 1 aromatic carbocycles. The van der Waals surface area contributed by atoms with Crippen molar-refractivity contribution in [3.8, 4) is 0 Å². The minimum Gasteiger partial charge on any atom is -0.375 e. The molecule has 0 aliphatic carbocycles. The van der Waals surface area contributed by atoms with E-state index in [1.54, 1.807) is 0 Å². The summed E-state index contributed by atoms with van der Waals surface area (Å²) in [5.41, 5.74) is 1.25. The highest BCUT2D eigenvalue weighted by Gasteiger charge is 2.14. The third-order valence-corrected chi connectivity index (χ3v) is 2.66. The minimum absolute atomic E-state index is 0. The molecule has 0 saturated heterocycles. The first-order valence-electron chi connectivity index (χ1n) is 6.06. The van der Waals surface area contributed by atoms with Gasteiger partial charge < -0.3 is 15.4 Å². The van der Waals surface area contributed by atoms with E-state index in [2.05, 4.69) is 27.8 Å². The number of ether oxygens (including phenoxy) is 1. The number of hydrogen-bond donors (Lipinski definition) is 2. The van der Waals surface area contributed by atoms with Crippen molar-refractivity contribution < 1.29 is 4.74 Å². The van der Waals surface area contributed by atoms with Crippen molar-refractivity contribution in [1.82, 2.24) is 10.6 Å². The minimum atomic E-state index is 0. The quantitative estimate of drug-likeness (QED) is 0.804. The van der Waals surface area contributed by atoms with Gasteiger partial charge in [0, 0.05) is 19.7 Å². The standard InChI is InChI=1S/C13H19N3O.HI/c1-2-17-12-9-15-13(16-10-12)14-8-11-6-4-3-5-7-11;/h3-7,12H,2,8-10H2,1H3,(H2,14,15,16);1H. The first-order valence-corrected chi connectivity index (χ1v) is 6.06. The smallest absolute Gasteiger partial charge is 0.191 e. The maximum Gasteiger partial charge on any atom is 0.191 e. The van der Waals surface area contributed by atoms with E-state index in [-0.39, 0.29) is 30.1 Å². The Morgan fingerprint density at radius 3 is 2.78 bits per heavy atom. The van der Waals surface area contributed by atoms with Gasteiger partial charge in [-0.2, -0.15) is 0 Å². The number of benzene rings is 1. The summed E-state index contributed by atoms with van der Waals surface area (Å²) in [5, 5.41) is 6.52. The summed E-state index contributed by atoms with van der Waals surface area (Å²) in [5.74, 6) is 0.866. The molecule has 0 amide bonds. The van der Waals surface area contributed by atoms with E-state index in [1.807, 2.05) is 25.1 Å². The van der Waals surface area contributed by atoms with Gasteiger partial charge in [0.15, 0.2) is 5.96 Å². The Kier molecular flexibility index (Phi) is 7.04. The van der Waals surface area contributed by atoms with Crippen LogP contribution in [0.3, 0.4) is 0 Å². The molecule has 5 heteroatoms. The van der Waals surface area contributed by atoms with Gasteiger partial charge in [-0.25, -0.2) is 0 Å². The Morgan fingerprint density at radius 2 is 2.17 bits per heavy atom. The van der Waals surface area contributed by atoms with Gasteiger partial charge in [-0.1, -0.05) is 30.3 Å². The second kappa shape index (κ2) is 8.31. The molecule has 2 rings (SSSR count). The van der Waals surface area contributed by atoms with Crippen LogP contribution < -0.4 is 10.6 Å². The lowest BCUT2D eigenvalue weighted by Gasteiger charge is -2.23. The topological polar surface area (TPSA) is 45.6 Å². The van der Waals surface area contributed by atoms with Gasteiger partial charge in [-0.15, -0.1) is 24.0 Å². The molecule has 1 aromatic rings. The summed E-state index contributed by atoms with van der Waals surface area (Å²) in [6.07, 6.45) is 0.210. The third-order valence-electron chi connectivity index (χ3n) is 2.66. The number of guanidine groups is 1. The second-order valence-corrected chi connectivity index (χ2v) is 3.99. The van der Waals surface area contributed by atoms with Crippen LogP contribution in [0.1, 0.15) is 12.5 Å². The molecule has 0 bridgehead atoms. The van der Waals surface area contributed by atoms with Crippen LogP contribution in [-0.2, 0) is 11.3 Å². The van der Waals surface area contributed by atoms with Crippen LogP contribution in [0.2, 0.25) is 0 Å². The molecule has 4 nitrogen and oxygen atoms in total. The Labute approximate surface area is 125 Å². The maximum absolute atomic E-state index is 5.50. The van der Waals surface area contributed by atoms with Gasteiger partial charge >= 0.3 is 0 Å². The fraction of sp³-hybridized carbons (Fsp3) is 0.462. The van der Waals surface area contributed by atoms with Gasteiger partial charge in [-0.05, 0) is 12.5 Å². The lowest BCUT2D eigenvalue weighted by Crippen LogP contribution is -2.46. The van der Waals surface area contributed by atoms with Crippen LogP contribution >= 0.6 is 24.0 Å². The van der Waals surface area contributed by atoms with E-state index in [9.17, 15) is 0 Å².